The molecule has 0 unspecified atom stereocenters. The van der Waals surface area contributed by atoms with Crippen molar-refractivity contribution in [3.63, 3.8) is 0 Å². The van der Waals surface area contributed by atoms with Gasteiger partial charge in [0.25, 0.3) is 0 Å². The zero-order valence-electron chi connectivity index (χ0n) is 9.15. The van der Waals surface area contributed by atoms with Crippen LogP contribution in [0.15, 0.2) is 12.1 Å². The third-order valence-corrected chi connectivity index (χ3v) is 2.93. The molecule has 1 aromatic carbocycles. The normalized spacial score (nSPS) is 15.9. The van der Waals surface area contributed by atoms with Crippen molar-refractivity contribution in [2.24, 2.45) is 0 Å². The molecule has 6 heteroatoms. The molecule has 1 heterocycles. The first kappa shape index (κ1) is 12.0. The summed E-state index contributed by atoms with van der Waals surface area (Å²) in [6.07, 6.45) is 0. The van der Waals surface area contributed by atoms with E-state index in [2.05, 4.69) is 0 Å². The van der Waals surface area contributed by atoms with E-state index >= 15 is 0 Å². The monoisotopic (exact) mass is 256 g/mol. The molecule has 3 N–H and O–H groups in total. The molecule has 0 amide bonds. The molecule has 2 rings (SSSR count). The van der Waals surface area contributed by atoms with E-state index in [0.717, 1.165) is 0 Å². The standard InChI is InChI=1S/C11H13ClN2O3/c12-9-6-7(13)5-8(11(15)16)10(9)14-1-3-17-4-2-14/h5-6H,1-4,13H2,(H,15,16). The lowest BCUT2D eigenvalue weighted by atomic mass is 10.1. The lowest BCUT2D eigenvalue weighted by molar-refractivity contribution is 0.0696. The third kappa shape index (κ3) is 2.45. The Morgan fingerprint density at radius 3 is 2.65 bits per heavy atom. The van der Waals surface area contributed by atoms with Gasteiger partial charge in [0, 0.05) is 18.8 Å². The van der Waals surface area contributed by atoms with Crippen molar-refractivity contribution in [3.05, 3.63) is 22.7 Å². The number of carbonyl (C=O) groups is 1. The summed E-state index contributed by atoms with van der Waals surface area (Å²) in [6, 6.07) is 3.00. The number of anilines is 2. The molecule has 92 valence electrons. The molecule has 0 radical (unpaired) electrons. The Morgan fingerprint density at radius 2 is 2.06 bits per heavy atom. The highest BCUT2D eigenvalue weighted by atomic mass is 35.5. The predicted molar refractivity (Wildman–Crippen MR) is 65.9 cm³/mol. The number of aromatic carboxylic acids is 1. The number of halogens is 1. The number of morpholine rings is 1. The highest BCUT2D eigenvalue weighted by Gasteiger charge is 2.21. The van der Waals surface area contributed by atoms with Crippen LogP contribution in [-0.4, -0.2) is 37.4 Å². The quantitative estimate of drug-likeness (QED) is 0.784. The van der Waals surface area contributed by atoms with Crippen LogP contribution in [0.2, 0.25) is 5.02 Å². The summed E-state index contributed by atoms with van der Waals surface area (Å²) in [5.74, 6) is -1.03. The molecule has 17 heavy (non-hydrogen) atoms. The summed E-state index contributed by atoms with van der Waals surface area (Å²) in [6.45, 7) is 2.40. The molecule has 0 spiro atoms. The summed E-state index contributed by atoms with van der Waals surface area (Å²) in [5, 5.41) is 9.54. The summed E-state index contributed by atoms with van der Waals surface area (Å²) in [4.78, 5) is 13.1. The first-order chi connectivity index (χ1) is 8.09. The highest BCUT2D eigenvalue weighted by molar-refractivity contribution is 6.34. The van der Waals surface area contributed by atoms with Crippen LogP contribution in [0.3, 0.4) is 0 Å². The minimum absolute atomic E-state index is 0.136. The maximum absolute atomic E-state index is 11.2. The van der Waals surface area contributed by atoms with E-state index in [4.69, 9.17) is 22.1 Å². The van der Waals surface area contributed by atoms with Gasteiger partial charge in [-0.3, -0.25) is 0 Å². The van der Waals surface area contributed by atoms with Gasteiger partial charge < -0.3 is 20.5 Å². The minimum atomic E-state index is -1.03. The number of ether oxygens (including phenoxy) is 1. The van der Waals surface area contributed by atoms with Gasteiger partial charge in [-0.1, -0.05) is 11.6 Å². The van der Waals surface area contributed by atoms with Crippen LogP contribution in [0.4, 0.5) is 11.4 Å². The van der Waals surface area contributed by atoms with Crippen LogP contribution in [0, 0.1) is 0 Å². The Morgan fingerprint density at radius 1 is 1.41 bits per heavy atom. The Balaban J connectivity index is 2.46. The van der Waals surface area contributed by atoms with Gasteiger partial charge in [-0.25, -0.2) is 4.79 Å². The number of hydrogen-bond donors (Lipinski definition) is 2. The maximum Gasteiger partial charge on any atom is 0.337 e. The van der Waals surface area contributed by atoms with Gasteiger partial charge in [-0.15, -0.1) is 0 Å². The van der Waals surface area contributed by atoms with Gasteiger partial charge in [-0.2, -0.15) is 0 Å². The molecular weight excluding hydrogens is 244 g/mol. The third-order valence-electron chi connectivity index (χ3n) is 2.64. The van der Waals surface area contributed by atoms with Crippen LogP contribution in [0.5, 0.6) is 0 Å². The molecule has 0 atom stereocenters. The lowest BCUT2D eigenvalue weighted by Crippen LogP contribution is -2.37. The molecule has 0 saturated carbocycles. The fourth-order valence-corrected chi connectivity index (χ4v) is 2.24. The van der Waals surface area contributed by atoms with Gasteiger partial charge in [0.15, 0.2) is 0 Å². The minimum Gasteiger partial charge on any atom is -0.478 e. The number of nitrogen functional groups attached to an aromatic ring is 1. The Labute approximate surface area is 104 Å². The smallest absolute Gasteiger partial charge is 0.337 e. The second-order valence-corrected chi connectivity index (χ2v) is 4.21. The molecule has 1 aliphatic heterocycles. The van der Waals surface area contributed by atoms with E-state index < -0.39 is 5.97 Å². The van der Waals surface area contributed by atoms with Crippen LogP contribution < -0.4 is 10.6 Å². The molecule has 1 aromatic rings. The van der Waals surface area contributed by atoms with E-state index in [9.17, 15) is 9.90 Å². The van der Waals surface area contributed by atoms with Crippen molar-refractivity contribution in [2.45, 2.75) is 0 Å². The average Bonchev–Trinajstić information content (AvgIpc) is 2.29. The SMILES string of the molecule is Nc1cc(Cl)c(N2CCOCC2)c(C(=O)O)c1. The average molecular weight is 257 g/mol. The highest BCUT2D eigenvalue weighted by Crippen LogP contribution is 2.33. The van der Waals surface area contributed by atoms with Gasteiger partial charge in [-0.05, 0) is 12.1 Å². The molecule has 0 aromatic heterocycles. The summed E-state index contributed by atoms with van der Waals surface area (Å²) >= 11 is 6.09. The Hall–Kier alpha value is -1.46. The van der Waals surface area contributed by atoms with E-state index in [-0.39, 0.29) is 5.56 Å². The summed E-state index contributed by atoms with van der Waals surface area (Å²) in [5.41, 5.74) is 6.62. The Kier molecular flexibility index (Phi) is 3.40. The molecule has 1 fully saturated rings. The molecule has 1 aliphatic rings. The van der Waals surface area contributed by atoms with Crippen LogP contribution in [0.1, 0.15) is 10.4 Å². The number of hydrogen-bond acceptors (Lipinski definition) is 4. The first-order valence-corrected chi connectivity index (χ1v) is 5.62. The van der Waals surface area contributed by atoms with E-state index in [1.807, 2.05) is 4.90 Å². The van der Waals surface area contributed by atoms with Crippen molar-refractivity contribution in [2.75, 3.05) is 36.9 Å². The van der Waals surface area contributed by atoms with Crippen molar-refractivity contribution in [1.82, 2.24) is 0 Å². The first-order valence-electron chi connectivity index (χ1n) is 5.24. The number of rotatable bonds is 2. The second-order valence-electron chi connectivity index (χ2n) is 3.80. The van der Waals surface area contributed by atoms with Crippen LogP contribution >= 0.6 is 11.6 Å². The predicted octanol–water partition coefficient (Wildman–Crippen LogP) is 1.46. The van der Waals surface area contributed by atoms with Gasteiger partial charge in [0.05, 0.1) is 29.5 Å². The molecule has 1 saturated heterocycles. The molecule has 0 aliphatic carbocycles. The molecular formula is C11H13ClN2O3. The lowest BCUT2D eigenvalue weighted by Gasteiger charge is -2.30. The van der Waals surface area contributed by atoms with E-state index in [1.54, 1.807) is 6.07 Å². The van der Waals surface area contributed by atoms with Gasteiger partial charge in [0.2, 0.25) is 0 Å². The largest absolute Gasteiger partial charge is 0.478 e. The number of benzene rings is 1. The fraction of sp³-hybridized carbons (Fsp3) is 0.364. The second kappa shape index (κ2) is 4.81. The topological polar surface area (TPSA) is 75.8 Å². The van der Waals surface area contributed by atoms with Crippen molar-refractivity contribution in [1.29, 1.82) is 0 Å². The van der Waals surface area contributed by atoms with E-state index in [0.29, 0.717) is 42.7 Å². The van der Waals surface area contributed by atoms with Crippen LogP contribution in [0.25, 0.3) is 0 Å². The van der Waals surface area contributed by atoms with Gasteiger partial charge >= 0.3 is 5.97 Å². The molecule has 5 nitrogen and oxygen atoms in total. The van der Waals surface area contributed by atoms with Crippen molar-refractivity contribution < 1.29 is 14.6 Å². The number of nitrogens with zero attached hydrogens (tertiary/aromatic N) is 1. The number of carboxylic acid groups (broad SMARTS) is 1. The zero-order valence-corrected chi connectivity index (χ0v) is 9.91. The maximum atomic E-state index is 11.2. The zero-order chi connectivity index (χ0) is 12.4. The summed E-state index contributed by atoms with van der Waals surface area (Å²) < 4.78 is 5.23. The number of carboxylic acids is 1. The Bertz CT molecular complexity index is 445. The summed E-state index contributed by atoms with van der Waals surface area (Å²) in [7, 11) is 0. The van der Waals surface area contributed by atoms with Crippen molar-refractivity contribution in [3.8, 4) is 0 Å². The van der Waals surface area contributed by atoms with Crippen molar-refractivity contribution >= 4 is 28.9 Å². The number of nitrogens with two attached hydrogens (primary N) is 1. The van der Waals surface area contributed by atoms with Crippen LogP contribution in [-0.2, 0) is 4.74 Å². The van der Waals surface area contributed by atoms with E-state index in [1.165, 1.54) is 6.07 Å². The van der Waals surface area contributed by atoms with Gasteiger partial charge in [0.1, 0.15) is 0 Å². The molecule has 0 bridgehead atoms. The fourth-order valence-electron chi connectivity index (χ4n) is 1.89.